The maximum Gasteiger partial charge on any atom is 0.330 e. The molecule has 0 heterocycles. The molecular formula is C18H32O4. The van der Waals surface area contributed by atoms with Gasteiger partial charge < -0.3 is 9.84 Å². The zero-order chi connectivity index (χ0) is 17.4. The molecule has 0 rings (SSSR count). The molecule has 0 fully saturated rings. The Kier molecular flexibility index (Phi) is 16.3. The summed E-state index contributed by atoms with van der Waals surface area (Å²) in [5.41, 5.74) is 0.176. The lowest BCUT2D eigenvalue weighted by Crippen LogP contribution is -2.12. The lowest BCUT2D eigenvalue weighted by atomic mass is 10.1. The smallest absolute Gasteiger partial charge is 0.330 e. The minimum atomic E-state index is -0.935. The molecule has 0 bridgehead atoms. The molecule has 0 radical (unpaired) electrons. The van der Waals surface area contributed by atoms with Crippen molar-refractivity contribution >= 4 is 11.9 Å². The van der Waals surface area contributed by atoms with E-state index in [9.17, 15) is 9.59 Å². The van der Waals surface area contributed by atoms with Gasteiger partial charge in [0.25, 0.3) is 0 Å². The number of hydrogen-bond acceptors (Lipinski definition) is 3. The van der Waals surface area contributed by atoms with Gasteiger partial charge in [-0.1, -0.05) is 58.6 Å². The van der Waals surface area contributed by atoms with E-state index >= 15 is 0 Å². The Morgan fingerprint density at radius 2 is 1.59 bits per heavy atom. The maximum absolute atomic E-state index is 10.9. The molecule has 1 atom stereocenters. The van der Waals surface area contributed by atoms with Gasteiger partial charge in [-0.25, -0.2) is 9.59 Å². The van der Waals surface area contributed by atoms with E-state index in [0.29, 0.717) is 0 Å². The van der Waals surface area contributed by atoms with Crippen molar-refractivity contribution in [1.82, 2.24) is 0 Å². The number of carboxylic acids is 1. The summed E-state index contributed by atoms with van der Waals surface area (Å²) in [7, 11) is 0. The van der Waals surface area contributed by atoms with Gasteiger partial charge in [-0.15, -0.1) is 0 Å². The van der Waals surface area contributed by atoms with Gasteiger partial charge in [0, 0.05) is 11.6 Å². The van der Waals surface area contributed by atoms with Crippen LogP contribution in [-0.4, -0.2) is 23.1 Å². The van der Waals surface area contributed by atoms with E-state index in [-0.39, 0.29) is 17.6 Å². The predicted octanol–water partition coefficient (Wildman–Crippen LogP) is 4.89. The first-order valence-corrected chi connectivity index (χ1v) is 8.06. The second-order valence-corrected chi connectivity index (χ2v) is 5.45. The van der Waals surface area contributed by atoms with E-state index in [1.54, 1.807) is 0 Å². The summed E-state index contributed by atoms with van der Waals surface area (Å²) in [6.07, 6.45) is 11.3. The van der Waals surface area contributed by atoms with E-state index in [0.717, 1.165) is 12.8 Å². The maximum atomic E-state index is 10.9. The van der Waals surface area contributed by atoms with Crippen LogP contribution in [0.15, 0.2) is 24.8 Å². The zero-order valence-electron chi connectivity index (χ0n) is 14.4. The normalized spacial score (nSPS) is 10.9. The third kappa shape index (κ3) is 18.4. The molecule has 4 nitrogen and oxygen atoms in total. The van der Waals surface area contributed by atoms with Crippen LogP contribution in [0.2, 0.25) is 0 Å². The van der Waals surface area contributed by atoms with Crippen LogP contribution in [0, 0.1) is 0 Å². The second-order valence-electron chi connectivity index (χ2n) is 5.45. The number of carbonyl (C=O) groups excluding carboxylic acids is 1. The number of esters is 1. The predicted molar refractivity (Wildman–Crippen MR) is 90.8 cm³/mol. The van der Waals surface area contributed by atoms with Gasteiger partial charge in [0.2, 0.25) is 0 Å². The fourth-order valence-electron chi connectivity index (χ4n) is 1.69. The summed E-state index contributed by atoms with van der Waals surface area (Å²) >= 11 is 0. The van der Waals surface area contributed by atoms with Gasteiger partial charge in [0.15, 0.2) is 0 Å². The minimum Gasteiger partial charge on any atom is -0.478 e. The van der Waals surface area contributed by atoms with Crippen LogP contribution in [0.25, 0.3) is 0 Å². The van der Waals surface area contributed by atoms with Crippen molar-refractivity contribution in [3.05, 3.63) is 24.8 Å². The molecule has 0 aliphatic rings. The topological polar surface area (TPSA) is 63.6 Å². The lowest BCUT2D eigenvalue weighted by molar-refractivity contribution is -0.142. The number of carbonyl (C=O) groups is 2. The van der Waals surface area contributed by atoms with Crippen LogP contribution in [0.4, 0.5) is 0 Å². The number of rotatable bonds is 11. The minimum absolute atomic E-state index is 0.0288. The Bertz CT molecular complexity index is 322. The fourth-order valence-corrected chi connectivity index (χ4v) is 1.69. The fraction of sp³-hybridized carbons (Fsp3) is 0.667. The van der Waals surface area contributed by atoms with Crippen molar-refractivity contribution in [1.29, 1.82) is 0 Å². The van der Waals surface area contributed by atoms with Crippen molar-refractivity contribution in [3.63, 3.8) is 0 Å². The van der Waals surface area contributed by atoms with Gasteiger partial charge in [0.05, 0.1) is 6.10 Å². The molecular weight excluding hydrogens is 280 g/mol. The Balaban J connectivity index is 0. The molecule has 0 amide bonds. The molecule has 0 aromatic rings. The van der Waals surface area contributed by atoms with Crippen LogP contribution < -0.4 is 0 Å². The third-order valence-corrected chi connectivity index (χ3v) is 3.06. The average molecular weight is 312 g/mol. The third-order valence-electron chi connectivity index (χ3n) is 3.06. The van der Waals surface area contributed by atoms with Crippen molar-refractivity contribution < 1.29 is 19.4 Å². The first-order chi connectivity index (χ1) is 10.3. The summed E-state index contributed by atoms with van der Waals surface area (Å²) in [5, 5.41) is 7.89. The number of ether oxygens (including phenoxy) is 1. The average Bonchev–Trinajstić information content (AvgIpc) is 2.46. The van der Waals surface area contributed by atoms with E-state index in [1.165, 1.54) is 51.5 Å². The first-order valence-electron chi connectivity index (χ1n) is 8.06. The molecule has 4 heteroatoms. The highest BCUT2D eigenvalue weighted by molar-refractivity contribution is 5.84. The highest BCUT2D eigenvalue weighted by Crippen LogP contribution is 2.11. The molecule has 1 unspecified atom stereocenters. The molecule has 22 heavy (non-hydrogen) atoms. The van der Waals surface area contributed by atoms with Crippen molar-refractivity contribution in [2.75, 3.05) is 0 Å². The van der Waals surface area contributed by atoms with Gasteiger partial charge in [0.1, 0.15) is 0 Å². The number of unbranched alkanes of at least 4 members (excludes halogenated alkanes) is 6. The van der Waals surface area contributed by atoms with Crippen LogP contribution in [-0.2, 0) is 14.3 Å². The van der Waals surface area contributed by atoms with E-state index in [2.05, 4.69) is 20.1 Å². The molecule has 0 spiro atoms. The van der Waals surface area contributed by atoms with Gasteiger partial charge in [-0.2, -0.15) is 0 Å². The van der Waals surface area contributed by atoms with E-state index < -0.39 is 5.97 Å². The summed E-state index contributed by atoms with van der Waals surface area (Å²) in [6.45, 7) is 12.2. The van der Waals surface area contributed by atoms with Gasteiger partial charge in [-0.3, -0.25) is 0 Å². The van der Waals surface area contributed by atoms with E-state index in [4.69, 9.17) is 9.84 Å². The second kappa shape index (κ2) is 15.8. The zero-order valence-corrected chi connectivity index (χ0v) is 14.4. The molecule has 128 valence electrons. The summed E-state index contributed by atoms with van der Waals surface area (Å²) < 4.78 is 5.09. The summed E-state index contributed by atoms with van der Waals surface area (Å²) in [4.78, 5) is 20.5. The summed E-state index contributed by atoms with van der Waals surface area (Å²) in [5.74, 6) is -1.24. The molecule has 0 saturated carbocycles. The largest absolute Gasteiger partial charge is 0.478 e. The Morgan fingerprint density at radius 3 is 2.00 bits per heavy atom. The van der Waals surface area contributed by atoms with Crippen LogP contribution in [0.5, 0.6) is 0 Å². The Hall–Kier alpha value is -1.58. The lowest BCUT2D eigenvalue weighted by Gasteiger charge is -2.11. The van der Waals surface area contributed by atoms with Gasteiger partial charge in [-0.05, 0) is 26.7 Å². The number of carboxylic acid groups (broad SMARTS) is 1. The first kappa shape index (κ1) is 22.7. The Labute approximate surface area is 135 Å². The van der Waals surface area contributed by atoms with Crippen molar-refractivity contribution in [3.8, 4) is 0 Å². The van der Waals surface area contributed by atoms with E-state index in [1.807, 2.05) is 6.92 Å². The molecule has 0 aliphatic carbocycles. The number of hydrogen-bond donors (Lipinski definition) is 1. The van der Waals surface area contributed by atoms with Crippen LogP contribution in [0.3, 0.4) is 0 Å². The van der Waals surface area contributed by atoms with Gasteiger partial charge >= 0.3 is 11.9 Å². The van der Waals surface area contributed by atoms with Crippen molar-refractivity contribution in [2.24, 2.45) is 0 Å². The Morgan fingerprint density at radius 1 is 1.14 bits per heavy atom. The molecule has 0 aliphatic heterocycles. The monoisotopic (exact) mass is 312 g/mol. The molecule has 0 aromatic carbocycles. The highest BCUT2D eigenvalue weighted by atomic mass is 16.5. The number of aliphatic carboxylic acids is 1. The van der Waals surface area contributed by atoms with Crippen LogP contribution in [0.1, 0.15) is 72.1 Å². The molecule has 0 aromatic heterocycles. The summed E-state index contributed by atoms with van der Waals surface area (Å²) in [6, 6.07) is 0. The highest BCUT2D eigenvalue weighted by Gasteiger charge is 2.05. The standard InChI is InChI=1S/C14H26O2.C4H6O2/c1-4-6-7-8-9-10-11-12-13(3)16-14(15)5-2;1-3(2)4(5)6/h5,13H,2,4,6-12H2,1,3H3;1H2,2H3,(H,5,6). The SMILES string of the molecule is C=C(C)C(=O)O.C=CC(=O)OC(C)CCCCCCCCC. The molecule has 0 saturated heterocycles. The molecule has 1 N–H and O–H groups in total. The van der Waals surface area contributed by atoms with Crippen LogP contribution >= 0.6 is 0 Å². The quantitative estimate of drug-likeness (QED) is 0.335. The van der Waals surface area contributed by atoms with Crippen molar-refractivity contribution in [2.45, 2.75) is 78.2 Å².